The molecule has 5 heteroatoms. The van der Waals surface area contributed by atoms with Crippen molar-refractivity contribution in [3.63, 3.8) is 0 Å². The quantitative estimate of drug-likeness (QED) is 0.639. The van der Waals surface area contributed by atoms with Crippen LogP contribution >= 0.6 is 0 Å². The number of likely N-dealkylation sites (tertiary alicyclic amines) is 1. The Kier molecular flexibility index (Phi) is 6.53. The molecule has 0 aromatic heterocycles. The highest BCUT2D eigenvalue weighted by molar-refractivity contribution is 5.77. The number of ether oxygens (including phenoxy) is 3. The van der Waals surface area contributed by atoms with E-state index in [9.17, 15) is 4.79 Å². The van der Waals surface area contributed by atoms with E-state index in [4.69, 9.17) is 14.2 Å². The fourth-order valence-electron chi connectivity index (χ4n) is 4.43. The summed E-state index contributed by atoms with van der Waals surface area (Å²) in [5, 5.41) is 0. The lowest BCUT2D eigenvalue weighted by Crippen LogP contribution is -2.51. The number of piperidine rings is 1. The third-order valence-electron chi connectivity index (χ3n) is 6.45. The average Bonchev–Trinajstić information content (AvgIpc) is 3.55. The molecule has 3 aliphatic rings. The second-order valence-corrected chi connectivity index (χ2v) is 8.68. The Balaban J connectivity index is 1.18. The maximum absolute atomic E-state index is 12.5. The molecule has 0 bridgehead atoms. The largest absolute Gasteiger partial charge is 0.484 e. The molecular weight excluding hydrogens is 354 g/mol. The van der Waals surface area contributed by atoms with E-state index in [-0.39, 0.29) is 18.1 Å². The molecule has 1 amide bonds. The van der Waals surface area contributed by atoms with Gasteiger partial charge in [0.1, 0.15) is 5.75 Å². The molecule has 28 heavy (non-hydrogen) atoms. The van der Waals surface area contributed by atoms with Crippen molar-refractivity contribution in [2.45, 2.75) is 50.5 Å². The van der Waals surface area contributed by atoms with E-state index in [0.29, 0.717) is 5.92 Å². The summed E-state index contributed by atoms with van der Waals surface area (Å²) in [6.07, 6.45) is 7.97. The maximum Gasteiger partial charge on any atom is 0.260 e. The van der Waals surface area contributed by atoms with Gasteiger partial charge in [-0.1, -0.05) is 18.2 Å². The minimum absolute atomic E-state index is 0.0313. The van der Waals surface area contributed by atoms with Gasteiger partial charge < -0.3 is 19.1 Å². The van der Waals surface area contributed by atoms with Gasteiger partial charge in [-0.25, -0.2) is 0 Å². The van der Waals surface area contributed by atoms with E-state index in [1.165, 1.54) is 12.8 Å². The summed E-state index contributed by atoms with van der Waals surface area (Å²) in [5.74, 6) is 2.34. The van der Waals surface area contributed by atoms with Crippen LogP contribution in [0.4, 0.5) is 0 Å². The molecule has 1 atom stereocenters. The summed E-state index contributed by atoms with van der Waals surface area (Å²) < 4.78 is 17.7. The van der Waals surface area contributed by atoms with Crippen LogP contribution < -0.4 is 4.74 Å². The number of hydrogen-bond acceptors (Lipinski definition) is 4. The molecule has 0 N–H and O–H groups in total. The molecule has 1 spiro atoms. The first-order valence-corrected chi connectivity index (χ1v) is 10.9. The van der Waals surface area contributed by atoms with Crippen LogP contribution in [0.15, 0.2) is 30.3 Å². The number of hydrogen-bond donors (Lipinski definition) is 0. The first-order chi connectivity index (χ1) is 13.7. The minimum atomic E-state index is -0.0313. The molecule has 154 valence electrons. The van der Waals surface area contributed by atoms with Crippen molar-refractivity contribution in [2.75, 3.05) is 39.5 Å². The van der Waals surface area contributed by atoms with Crippen molar-refractivity contribution in [1.29, 1.82) is 0 Å². The van der Waals surface area contributed by atoms with Crippen LogP contribution in [0.25, 0.3) is 0 Å². The van der Waals surface area contributed by atoms with Crippen LogP contribution in [0.3, 0.4) is 0 Å². The second kappa shape index (κ2) is 9.27. The van der Waals surface area contributed by atoms with Crippen LogP contribution in [0, 0.1) is 11.8 Å². The Morgan fingerprint density at radius 3 is 2.64 bits per heavy atom. The highest BCUT2D eigenvalue weighted by Crippen LogP contribution is 2.39. The Morgan fingerprint density at radius 1 is 1.11 bits per heavy atom. The number of rotatable bonds is 8. The minimum Gasteiger partial charge on any atom is -0.484 e. The van der Waals surface area contributed by atoms with Crippen molar-refractivity contribution >= 4 is 5.91 Å². The number of nitrogens with zero attached hydrogens (tertiary/aromatic N) is 1. The highest BCUT2D eigenvalue weighted by atomic mass is 16.5. The maximum atomic E-state index is 12.5. The molecule has 2 heterocycles. The molecule has 3 fully saturated rings. The Hall–Kier alpha value is -1.59. The lowest BCUT2D eigenvalue weighted by molar-refractivity contribution is -0.149. The molecular formula is C23H33NO4. The number of benzene rings is 1. The van der Waals surface area contributed by atoms with Crippen LogP contribution in [0.2, 0.25) is 0 Å². The van der Waals surface area contributed by atoms with Gasteiger partial charge in [-0.2, -0.15) is 0 Å². The Bertz CT molecular complexity index is 623. The fourth-order valence-corrected chi connectivity index (χ4v) is 4.43. The third kappa shape index (κ3) is 5.48. The monoisotopic (exact) mass is 387 g/mol. The standard InChI is InChI=1S/C23H33NO4/c25-22(18-27-21-4-2-1-3-5-21)24-12-10-23(11-13-24)16-19(9-15-28-23)8-14-26-17-20-6-7-20/h1-5,19-20H,6-18H2. The first-order valence-electron chi connectivity index (χ1n) is 10.9. The smallest absolute Gasteiger partial charge is 0.260 e. The summed E-state index contributed by atoms with van der Waals surface area (Å²) in [6, 6.07) is 9.53. The van der Waals surface area contributed by atoms with E-state index in [0.717, 1.165) is 76.7 Å². The van der Waals surface area contributed by atoms with E-state index in [1.807, 2.05) is 35.2 Å². The van der Waals surface area contributed by atoms with Gasteiger partial charge in [0.2, 0.25) is 0 Å². The normalized spacial score (nSPS) is 24.3. The highest BCUT2D eigenvalue weighted by Gasteiger charge is 2.41. The molecule has 1 saturated carbocycles. The van der Waals surface area contributed by atoms with Crippen molar-refractivity contribution in [2.24, 2.45) is 11.8 Å². The molecule has 1 aromatic carbocycles. The van der Waals surface area contributed by atoms with Gasteiger partial charge in [-0.15, -0.1) is 0 Å². The number of carbonyl (C=O) groups excluding carboxylic acids is 1. The topological polar surface area (TPSA) is 48.0 Å². The Labute approximate surface area is 168 Å². The average molecular weight is 388 g/mol. The third-order valence-corrected chi connectivity index (χ3v) is 6.45. The van der Waals surface area contributed by atoms with Crippen molar-refractivity contribution in [3.05, 3.63) is 30.3 Å². The van der Waals surface area contributed by atoms with Gasteiger partial charge in [0.25, 0.3) is 5.91 Å². The van der Waals surface area contributed by atoms with Gasteiger partial charge in [0, 0.05) is 32.9 Å². The molecule has 0 radical (unpaired) electrons. The van der Waals surface area contributed by atoms with E-state index in [1.54, 1.807) is 0 Å². The first kappa shape index (κ1) is 19.7. The summed E-state index contributed by atoms with van der Waals surface area (Å²) in [4.78, 5) is 14.4. The molecule has 2 aliphatic heterocycles. The summed E-state index contributed by atoms with van der Waals surface area (Å²) in [6.45, 7) is 4.33. The fraction of sp³-hybridized carbons (Fsp3) is 0.696. The SMILES string of the molecule is O=C(COc1ccccc1)N1CCC2(CC1)CC(CCOCC1CC1)CCO2. The molecule has 1 aromatic rings. The zero-order chi connectivity index (χ0) is 19.2. The summed E-state index contributed by atoms with van der Waals surface area (Å²) in [5.41, 5.74) is -0.0313. The van der Waals surface area contributed by atoms with Crippen LogP contribution in [0.5, 0.6) is 5.75 Å². The number of carbonyl (C=O) groups is 1. The lowest BCUT2D eigenvalue weighted by Gasteiger charge is -2.46. The van der Waals surface area contributed by atoms with E-state index in [2.05, 4.69) is 0 Å². The second-order valence-electron chi connectivity index (χ2n) is 8.68. The predicted molar refractivity (Wildman–Crippen MR) is 107 cm³/mol. The zero-order valence-electron chi connectivity index (χ0n) is 16.8. The molecule has 5 nitrogen and oxygen atoms in total. The van der Waals surface area contributed by atoms with Crippen LogP contribution in [-0.2, 0) is 14.3 Å². The predicted octanol–water partition coefficient (Wildman–Crippen LogP) is 3.67. The van der Waals surface area contributed by atoms with Gasteiger partial charge in [-0.3, -0.25) is 4.79 Å². The van der Waals surface area contributed by atoms with Crippen molar-refractivity contribution in [3.8, 4) is 5.75 Å². The molecule has 2 saturated heterocycles. The van der Waals surface area contributed by atoms with Gasteiger partial charge in [0.05, 0.1) is 5.60 Å². The summed E-state index contributed by atoms with van der Waals surface area (Å²) >= 11 is 0. The van der Waals surface area contributed by atoms with Crippen molar-refractivity contribution < 1.29 is 19.0 Å². The summed E-state index contributed by atoms with van der Waals surface area (Å²) in [7, 11) is 0. The van der Waals surface area contributed by atoms with Gasteiger partial charge in [-0.05, 0) is 68.9 Å². The Morgan fingerprint density at radius 2 is 1.89 bits per heavy atom. The number of amides is 1. The van der Waals surface area contributed by atoms with Crippen LogP contribution in [-0.4, -0.2) is 55.9 Å². The van der Waals surface area contributed by atoms with Gasteiger partial charge >= 0.3 is 0 Å². The van der Waals surface area contributed by atoms with Gasteiger partial charge in [0.15, 0.2) is 6.61 Å². The van der Waals surface area contributed by atoms with Crippen LogP contribution in [0.1, 0.15) is 44.9 Å². The zero-order valence-corrected chi connectivity index (χ0v) is 16.8. The number of para-hydroxylation sites is 1. The molecule has 4 rings (SSSR count). The van der Waals surface area contributed by atoms with E-state index >= 15 is 0 Å². The van der Waals surface area contributed by atoms with Crippen molar-refractivity contribution in [1.82, 2.24) is 4.90 Å². The molecule has 1 unspecified atom stereocenters. The van der Waals surface area contributed by atoms with E-state index < -0.39 is 0 Å². The lowest BCUT2D eigenvalue weighted by atomic mass is 9.78. The molecule has 1 aliphatic carbocycles.